The number of hydrogen-bond acceptors (Lipinski definition) is 2. The average molecular weight is 361 g/mol. The van der Waals surface area contributed by atoms with E-state index in [1.165, 1.54) is 18.2 Å². The van der Waals surface area contributed by atoms with Gasteiger partial charge in [0.2, 0.25) is 0 Å². The van der Waals surface area contributed by atoms with Crippen LogP contribution in [0.5, 0.6) is 0 Å². The Morgan fingerprint density at radius 1 is 1.08 bits per heavy atom. The number of alkyl halides is 3. The molecule has 0 fully saturated rings. The van der Waals surface area contributed by atoms with Crippen LogP contribution in [0.2, 0.25) is 0 Å². The second-order valence-electron chi connectivity index (χ2n) is 5.88. The molecule has 0 saturated heterocycles. The number of halogens is 4. The fourth-order valence-electron chi connectivity index (χ4n) is 3.00. The van der Waals surface area contributed by atoms with Gasteiger partial charge in [-0.3, -0.25) is 9.89 Å². The Morgan fingerprint density at radius 3 is 2.42 bits per heavy atom. The number of pyridine rings is 1. The molecular weight excluding hydrogens is 350 g/mol. The summed E-state index contributed by atoms with van der Waals surface area (Å²) in [6.45, 7) is 1.66. The van der Waals surface area contributed by atoms with Crippen molar-refractivity contribution < 1.29 is 17.6 Å². The molecule has 0 saturated carbocycles. The van der Waals surface area contributed by atoms with Gasteiger partial charge in [0.1, 0.15) is 5.82 Å². The third kappa shape index (κ3) is 2.37. The zero-order valence-corrected chi connectivity index (χ0v) is 13.4. The van der Waals surface area contributed by atoms with E-state index in [2.05, 4.69) is 10.1 Å². The minimum atomic E-state index is -4.47. The van der Waals surface area contributed by atoms with E-state index in [0.717, 1.165) is 16.8 Å². The molecule has 4 rings (SSSR count). The van der Waals surface area contributed by atoms with E-state index in [1.807, 2.05) is 0 Å². The van der Waals surface area contributed by atoms with E-state index in [4.69, 9.17) is 0 Å². The number of fused-ring (bicyclic) bond motifs is 3. The lowest BCUT2D eigenvalue weighted by Crippen LogP contribution is -2.15. The van der Waals surface area contributed by atoms with Gasteiger partial charge in [0.15, 0.2) is 5.52 Å². The lowest BCUT2D eigenvalue weighted by atomic mass is 10.1. The van der Waals surface area contributed by atoms with Crippen molar-refractivity contribution in [2.24, 2.45) is 0 Å². The number of H-pyrrole nitrogens is 1. The van der Waals surface area contributed by atoms with Crippen LogP contribution in [0.25, 0.3) is 27.5 Å². The Kier molecular flexibility index (Phi) is 3.40. The summed E-state index contributed by atoms with van der Waals surface area (Å²) in [5, 5.41) is 3.54. The zero-order valence-electron chi connectivity index (χ0n) is 13.4. The zero-order chi connectivity index (χ0) is 18.6. The third-order valence-electron chi connectivity index (χ3n) is 4.25. The molecule has 1 N–H and O–H groups in total. The highest BCUT2D eigenvalue weighted by molar-refractivity contribution is 6.04. The molecule has 2 aromatic carbocycles. The minimum Gasteiger partial charge on any atom is -0.288 e. The quantitative estimate of drug-likeness (QED) is 0.513. The van der Waals surface area contributed by atoms with E-state index < -0.39 is 23.1 Å². The number of nitrogens with one attached hydrogen (secondary N) is 1. The first-order valence-electron chi connectivity index (χ1n) is 7.64. The molecule has 4 aromatic rings. The fourth-order valence-corrected chi connectivity index (χ4v) is 3.00. The van der Waals surface area contributed by atoms with Crippen molar-refractivity contribution in [3.8, 4) is 5.69 Å². The highest BCUT2D eigenvalue weighted by Gasteiger charge is 2.30. The molecule has 8 heteroatoms. The van der Waals surface area contributed by atoms with Crippen LogP contribution in [0.1, 0.15) is 11.3 Å². The van der Waals surface area contributed by atoms with Gasteiger partial charge in [0.05, 0.1) is 16.8 Å². The van der Waals surface area contributed by atoms with Gasteiger partial charge in [-0.2, -0.15) is 13.2 Å². The first kappa shape index (κ1) is 16.3. The van der Waals surface area contributed by atoms with Crippen LogP contribution >= 0.6 is 0 Å². The predicted octanol–water partition coefficient (Wildman–Crippen LogP) is 4.33. The maximum atomic E-state index is 14.3. The van der Waals surface area contributed by atoms with Crippen molar-refractivity contribution in [3.63, 3.8) is 0 Å². The van der Waals surface area contributed by atoms with Gasteiger partial charge in [-0.1, -0.05) is 12.1 Å². The van der Waals surface area contributed by atoms with Crippen LogP contribution in [0.15, 0.2) is 47.3 Å². The largest absolute Gasteiger partial charge is 0.416 e. The van der Waals surface area contributed by atoms with Gasteiger partial charge < -0.3 is 0 Å². The van der Waals surface area contributed by atoms with Crippen LogP contribution in [-0.4, -0.2) is 14.8 Å². The van der Waals surface area contributed by atoms with Gasteiger partial charge in [-0.25, -0.2) is 14.1 Å². The lowest BCUT2D eigenvalue weighted by molar-refractivity contribution is -0.137. The van der Waals surface area contributed by atoms with E-state index in [9.17, 15) is 22.4 Å². The van der Waals surface area contributed by atoms with Crippen molar-refractivity contribution >= 4 is 21.8 Å². The molecule has 0 aliphatic heterocycles. The summed E-state index contributed by atoms with van der Waals surface area (Å²) in [5.74, 6) is -0.515. The molecule has 26 heavy (non-hydrogen) atoms. The van der Waals surface area contributed by atoms with Gasteiger partial charge in [-0.15, -0.1) is 0 Å². The summed E-state index contributed by atoms with van der Waals surface area (Å²) in [6, 6.07) is 8.61. The SMILES string of the molecule is Cc1nc2c(=O)n(-c3ccc(C(F)(F)F)cc3)[nH]c2c2c(F)cccc12. The number of benzene rings is 2. The number of aryl methyl sites for hydroxylation is 1. The summed E-state index contributed by atoms with van der Waals surface area (Å²) < 4.78 is 53.5. The number of aromatic nitrogens is 3. The maximum absolute atomic E-state index is 14.3. The molecule has 0 spiro atoms. The molecule has 0 unspecified atom stereocenters. The van der Waals surface area contributed by atoms with Crippen molar-refractivity contribution in [2.45, 2.75) is 13.1 Å². The number of nitrogens with zero attached hydrogens (tertiary/aromatic N) is 2. The Morgan fingerprint density at radius 2 is 1.77 bits per heavy atom. The Labute approximate surface area is 143 Å². The van der Waals surface area contributed by atoms with E-state index in [-0.39, 0.29) is 22.1 Å². The van der Waals surface area contributed by atoms with Gasteiger partial charge in [0.25, 0.3) is 5.56 Å². The number of hydrogen-bond donors (Lipinski definition) is 1. The first-order chi connectivity index (χ1) is 12.3. The first-order valence-corrected chi connectivity index (χ1v) is 7.64. The average Bonchev–Trinajstić information content (AvgIpc) is 2.91. The lowest BCUT2D eigenvalue weighted by Gasteiger charge is -2.07. The summed E-state index contributed by atoms with van der Waals surface area (Å²) in [7, 11) is 0. The smallest absolute Gasteiger partial charge is 0.288 e. The van der Waals surface area contributed by atoms with E-state index >= 15 is 0 Å². The predicted molar refractivity (Wildman–Crippen MR) is 88.9 cm³/mol. The molecule has 132 valence electrons. The Balaban J connectivity index is 1.99. The van der Waals surface area contributed by atoms with Crippen LogP contribution in [0, 0.1) is 12.7 Å². The minimum absolute atomic E-state index is 0.0278. The molecule has 0 atom stereocenters. The summed E-state index contributed by atoms with van der Waals surface area (Å²) in [6.07, 6.45) is -4.47. The molecule has 0 aliphatic carbocycles. The van der Waals surface area contributed by atoms with Crippen molar-refractivity contribution in [1.29, 1.82) is 0 Å². The van der Waals surface area contributed by atoms with Gasteiger partial charge in [-0.05, 0) is 37.3 Å². The molecule has 0 radical (unpaired) electrons. The maximum Gasteiger partial charge on any atom is 0.416 e. The summed E-state index contributed by atoms with van der Waals surface area (Å²) in [5.41, 5.74) is -0.469. The summed E-state index contributed by atoms with van der Waals surface area (Å²) in [4.78, 5) is 16.9. The molecule has 0 aliphatic rings. The number of rotatable bonds is 1. The normalized spacial score (nSPS) is 12.2. The molecule has 0 amide bonds. The second-order valence-corrected chi connectivity index (χ2v) is 5.88. The summed E-state index contributed by atoms with van der Waals surface area (Å²) >= 11 is 0. The fraction of sp³-hybridized carbons (Fsp3) is 0.111. The van der Waals surface area contributed by atoms with E-state index in [1.54, 1.807) is 19.1 Å². The third-order valence-corrected chi connectivity index (χ3v) is 4.25. The molecule has 0 bridgehead atoms. The highest BCUT2D eigenvalue weighted by Crippen LogP contribution is 2.30. The second kappa shape index (κ2) is 5.42. The molecule has 4 nitrogen and oxygen atoms in total. The van der Waals surface area contributed by atoms with Crippen LogP contribution in [0.4, 0.5) is 17.6 Å². The van der Waals surface area contributed by atoms with Crippen LogP contribution in [-0.2, 0) is 6.18 Å². The standard InChI is InChI=1S/C18H11F4N3O/c1-9-12-3-2-4-13(19)14(12)15-16(23-9)17(26)25(24-15)11-7-5-10(6-8-11)18(20,21)22/h2-8,24H,1H3. The van der Waals surface area contributed by atoms with Crippen molar-refractivity contribution in [3.05, 3.63) is 69.9 Å². The Hall–Kier alpha value is -3.16. The monoisotopic (exact) mass is 361 g/mol. The van der Waals surface area contributed by atoms with Crippen LogP contribution in [0.3, 0.4) is 0 Å². The van der Waals surface area contributed by atoms with Gasteiger partial charge >= 0.3 is 6.18 Å². The number of aromatic amines is 1. The van der Waals surface area contributed by atoms with Gasteiger partial charge in [0, 0.05) is 16.5 Å². The molecule has 2 heterocycles. The molecule has 2 aromatic heterocycles. The van der Waals surface area contributed by atoms with Crippen molar-refractivity contribution in [2.75, 3.05) is 0 Å². The molecular formula is C18H11F4N3O. The van der Waals surface area contributed by atoms with Crippen molar-refractivity contribution in [1.82, 2.24) is 14.8 Å². The van der Waals surface area contributed by atoms with Crippen LogP contribution < -0.4 is 5.56 Å². The Bertz CT molecular complexity index is 1200. The topological polar surface area (TPSA) is 50.7 Å². The highest BCUT2D eigenvalue weighted by atomic mass is 19.4. The van der Waals surface area contributed by atoms with E-state index in [0.29, 0.717) is 11.1 Å².